The molecular formula is C16H22N4O2S. The molecule has 7 heteroatoms. The molecule has 23 heavy (non-hydrogen) atoms. The predicted octanol–water partition coefficient (Wildman–Crippen LogP) is 1.58. The summed E-state index contributed by atoms with van der Waals surface area (Å²) in [5, 5.41) is 5.77. The zero-order valence-electron chi connectivity index (χ0n) is 13.5. The normalized spacial score (nSPS) is 14.3. The van der Waals surface area contributed by atoms with E-state index in [-0.39, 0.29) is 16.9 Å². The second-order valence-electron chi connectivity index (χ2n) is 5.40. The molecule has 0 aromatic heterocycles. The molecule has 1 saturated heterocycles. The lowest BCUT2D eigenvalue weighted by Gasteiger charge is -2.36. The standard InChI is InChI=1S/C16H22N4O2S/c1-3-15(22)20-10-8-19(9-11-20)14-6-4-13(5-7-14)18-16(23)17-12(2)21/h4-7H,3,8-11H2,1-2H3,(H2,17,18,21,23). The minimum absolute atomic E-state index is 0.196. The molecule has 0 atom stereocenters. The van der Waals surface area contributed by atoms with Crippen molar-refractivity contribution in [3.8, 4) is 0 Å². The number of hydrogen-bond acceptors (Lipinski definition) is 4. The van der Waals surface area contributed by atoms with Crippen LogP contribution in [-0.4, -0.2) is 48.0 Å². The largest absolute Gasteiger partial charge is 0.368 e. The van der Waals surface area contributed by atoms with Gasteiger partial charge in [0.2, 0.25) is 11.8 Å². The van der Waals surface area contributed by atoms with Gasteiger partial charge in [-0.3, -0.25) is 9.59 Å². The summed E-state index contributed by atoms with van der Waals surface area (Å²) in [7, 11) is 0. The van der Waals surface area contributed by atoms with Crippen LogP contribution >= 0.6 is 12.2 Å². The monoisotopic (exact) mass is 334 g/mol. The van der Waals surface area contributed by atoms with E-state index in [2.05, 4.69) is 15.5 Å². The highest BCUT2D eigenvalue weighted by atomic mass is 32.1. The summed E-state index contributed by atoms with van der Waals surface area (Å²) in [4.78, 5) is 26.8. The van der Waals surface area contributed by atoms with Gasteiger partial charge in [-0.15, -0.1) is 0 Å². The Labute approximate surface area is 141 Å². The van der Waals surface area contributed by atoms with Gasteiger partial charge in [0.15, 0.2) is 5.11 Å². The van der Waals surface area contributed by atoms with Crippen LogP contribution in [0.2, 0.25) is 0 Å². The van der Waals surface area contributed by atoms with Crippen molar-refractivity contribution >= 4 is 40.5 Å². The number of thiocarbonyl (C=S) groups is 1. The molecule has 2 N–H and O–H groups in total. The first kappa shape index (κ1) is 17.2. The lowest BCUT2D eigenvalue weighted by Crippen LogP contribution is -2.48. The van der Waals surface area contributed by atoms with Crippen LogP contribution < -0.4 is 15.5 Å². The van der Waals surface area contributed by atoms with Crippen LogP contribution in [0.1, 0.15) is 20.3 Å². The molecule has 0 radical (unpaired) electrons. The first-order chi connectivity index (χ1) is 11.0. The fourth-order valence-electron chi connectivity index (χ4n) is 2.52. The van der Waals surface area contributed by atoms with Crippen molar-refractivity contribution < 1.29 is 9.59 Å². The van der Waals surface area contributed by atoms with E-state index in [1.54, 1.807) is 0 Å². The molecule has 6 nitrogen and oxygen atoms in total. The molecule has 1 aromatic rings. The molecular weight excluding hydrogens is 312 g/mol. The number of amides is 2. The third-order valence-electron chi connectivity index (χ3n) is 3.71. The SMILES string of the molecule is CCC(=O)N1CCN(c2ccc(NC(=S)NC(C)=O)cc2)CC1. The Bertz CT molecular complexity index is 580. The first-order valence-electron chi connectivity index (χ1n) is 7.71. The molecule has 1 aliphatic rings. The average Bonchev–Trinajstić information content (AvgIpc) is 2.54. The molecule has 0 spiro atoms. The first-order valence-corrected chi connectivity index (χ1v) is 8.11. The molecule has 0 bridgehead atoms. The Balaban J connectivity index is 1.89. The number of anilines is 2. The number of benzene rings is 1. The van der Waals surface area contributed by atoms with Crippen molar-refractivity contribution in [3.63, 3.8) is 0 Å². The molecule has 1 fully saturated rings. The Morgan fingerprint density at radius 1 is 1.13 bits per heavy atom. The number of piperazine rings is 1. The molecule has 1 aliphatic heterocycles. The highest BCUT2D eigenvalue weighted by Gasteiger charge is 2.19. The molecule has 124 valence electrons. The molecule has 0 unspecified atom stereocenters. The second-order valence-corrected chi connectivity index (χ2v) is 5.81. The van der Waals surface area contributed by atoms with Gasteiger partial charge in [-0.2, -0.15) is 0 Å². The minimum atomic E-state index is -0.196. The maximum atomic E-state index is 11.7. The van der Waals surface area contributed by atoms with Crippen LogP contribution in [-0.2, 0) is 9.59 Å². The summed E-state index contributed by atoms with van der Waals surface area (Å²) in [5.41, 5.74) is 1.94. The predicted molar refractivity (Wildman–Crippen MR) is 95.6 cm³/mol. The van der Waals surface area contributed by atoms with E-state index >= 15 is 0 Å². The summed E-state index contributed by atoms with van der Waals surface area (Å²) >= 11 is 5.03. The van der Waals surface area contributed by atoms with E-state index in [4.69, 9.17) is 12.2 Å². The van der Waals surface area contributed by atoms with Gasteiger partial charge in [0, 0.05) is 50.9 Å². The fraction of sp³-hybridized carbons (Fsp3) is 0.438. The zero-order valence-corrected chi connectivity index (χ0v) is 14.3. The lowest BCUT2D eigenvalue weighted by atomic mass is 10.2. The molecule has 2 amide bonds. The Morgan fingerprint density at radius 2 is 1.74 bits per heavy atom. The number of nitrogens with zero attached hydrogens (tertiary/aromatic N) is 2. The van der Waals surface area contributed by atoms with Crippen LogP contribution in [0.25, 0.3) is 0 Å². The van der Waals surface area contributed by atoms with Crippen LogP contribution in [0.3, 0.4) is 0 Å². The van der Waals surface area contributed by atoms with E-state index in [0.29, 0.717) is 6.42 Å². The average molecular weight is 334 g/mol. The highest BCUT2D eigenvalue weighted by Crippen LogP contribution is 2.19. The maximum absolute atomic E-state index is 11.7. The molecule has 0 aliphatic carbocycles. The zero-order chi connectivity index (χ0) is 16.8. The third kappa shape index (κ3) is 4.92. The smallest absolute Gasteiger partial charge is 0.222 e. The van der Waals surface area contributed by atoms with E-state index in [1.807, 2.05) is 36.1 Å². The van der Waals surface area contributed by atoms with Crippen molar-refractivity contribution in [1.29, 1.82) is 0 Å². The van der Waals surface area contributed by atoms with Crippen molar-refractivity contribution in [2.24, 2.45) is 0 Å². The number of hydrogen-bond donors (Lipinski definition) is 2. The summed E-state index contributed by atoms with van der Waals surface area (Å²) < 4.78 is 0. The van der Waals surface area contributed by atoms with Gasteiger partial charge in [0.25, 0.3) is 0 Å². The summed E-state index contributed by atoms with van der Waals surface area (Å²) in [5.74, 6) is 0.0225. The van der Waals surface area contributed by atoms with E-state index in [9.17, 15) is 9.59 Å². The van der Waals surface area contributed by atoms with Crippen molar-refractivity contribution in [2.75, 3.05) is 36.4 Å². The van der Waals surface area contributed by atoms with Crippen LogP contribution in [0.4, 0.5) is 11.4 Å². The number of nitrogens with one attached hydrogen (secondary N) is 2. The molecule has 0 saturated carbocycles. The lowest BCUT2D eigenvalue weighted by molar-refractivity contribution is -0.131. The van der Waals surface area contributed by atoms with Crippen molar-refractivity contribution in [1.82, 2.24) is 10.2 Å². The van der Waals surface area contributed by atoms with Gasteiger partial charge < -0.3 is 20.4 Å². The Kier molecular flexibility index (Phi) is 5.92. The maximum Gasteiger partial charge on any atom is 0.222 e. The number of carbonyl (C=O) groups excluding carboxylic acids is 2. The Hall–Kier alpha value is -2.15. The summed E-state index contributed by atoms with van der Waals surface area (Å²) in [6.07, 6.45) is 0.564. The number of rotatable bonds is 3. The highest BCUT2D eigenvalue weighted by molar-refractivity contribution is 7.80. The third-order valence-corrected chi connectivity index (χ3v) is 3.92. The number of carbonyl (C=O) groups is 2. The van der Waals surface area contributed by atoms with Crippen LogP contribution in [0.15, 0.2) is 24.3 Å². The molecule has 1 heterocycles. The van der Waals surface area contributed by atoms with E-state index in [0.717, 1.165) is 37.6 Å². The van der Waals surface area contributed by atoms with Crippen molar-refractivity contribution in [3.05, 3.63) is 24.3 Å². The van der Waals surface area contributed by atoms with Crippen LogP contribution in [0.5, 0.6) is 0 Å². The van der Waals surface area contributed by atoms with Gasteiger partial charge >= 0.3 is 0 Å². The van der Waals surface area contributed by atoms with Gasteiger partial charge in [-0.05, 0) is 36.5 Å². The fourth-order valence-corrected chi connectivity index (χ4v) is 2.78. The topological polar surface area (TPSA) is 64.7 Å². The Morgan fingerprint density at radius 3 is 2.26 bits per heavy atom. The summed E-state index contributed by atoms with van der Waals surface area (Å²) in [6, 6.07) is 7.87. The van der Waals surface area contributed by atoms with Gasteiger partial charge in [-0.25, -0.2) is 0 Å². The quantitative estimate of drug-likeness (QED) is 0.822. The van der Waals surface area contributed by atoms with Crippen LogP contribution in [0, 0.1) is 0 Å². The van der Waals surface area contributed by atoms with Gasteiger partial charge in [-0.1, -0.05) is 6.92 Å². The van der Waals surface area contributed by atoms with Crippen molar-refractivity contribution in [2.45, 2.75) is 20.3 Å². The van der Waals surface area contributed by atoms with Gasteiger partial charge in [0.05, 0.1) is 0 Å². The molecule has 2 rings (SSSR count). The molecule has 1 aromatic carbocycles. The van der Waals surface area contributed by atoms with Gasteiger partial charge in [0.1, 0.15) is 0 Å². The van der Waals surface area contributed by atoms with E-state index < -0.39 is 0 Å². The summed E-state index contributed by atoms with van der Waals surface area (Å²) in [6.45, 7) is 6.51. The minimum Gasteiger partial charge on any atom is -0.368 e. The van der Waals surface area contributed by atoms with E-state index in [1.165, 1.54) is 6.92 Å². The second kappa shape index (κ2) is 7.92.